The lowest BCUT2D eigenvalue weighted by atomic mass is 10.1. The lowest BCUT2D eigenvalue weighted by molar-refractivity contribution is 0.000131. The first-order valence-electron chi connectivity index (χ1n) is 7.92. The van der Waals surface area contributed by atoms with Crippen LogP contribution in [0.5, 0.6) is 0 Å². The molecule has 2 aliphatic heterocycles. The van der Waals surface area contributed by atoms with E-state index in [9.17, 15) is 4.79 Å². The van der Waals surface area contributed by atoms with E-state index in [0.717, 1.165) is 17.5 Å². The summed E-state index contributed by atoms with van der Waals surface area (Å²) in [5, 5.41) is 0. The molecule has 2 atom stereocenters. The van der Waals surface area contributed by atoms with Gasteiger partial charge in [0.05, 0.1) is 12.6 Å². The zero-order valence-corrected chi connectivity index (χ0v) is 13.0. The number of anilines is 1. The molecule has 0 saturated carbocycles. The minimum absolute atomic E-state index is 0.00000273. The number of nitrogens with zero attached hydrogens (tertiary/aromatic N) is 2. The third kappa shape index (κ3) is 2.84. The number of pyridine rings is 1. The largest absolute Gasteiger partial charge is 0.441 e. The number of ether oxygens (including phenoxy) is 2. The Hall–Kier alpha value is -2.84. The van der Waals surface area contributed by atoms with Gasteiger partial charge in [-0.2, -0.15) is 0 Å². The molecular weight excluding hydrogens is 304 g/mol. The Bertz CT molecular complexity index is 793. The second kappa shape index (κ2) is 6.34. The number of fused-ring (bicyclic) bond motifs is 1. The van der Waals surface area contributed by atoms with Crippen LogP contribution in [-0.2, 0) is 9.47 Å². The quantitative estimate of drug-likeness (QED) is 0.758. The molecule has 2 unspecified atom stereocenters. The smallest absolute Gasteiger partial charge is 0.416 e. The number of benzene rings is 1. The van der Waals surface area contributed by atoms with Gasteiger partial charge in [-0.1, -0.05) is 30.0 Å². The van der Waals surface area contributed by atoms with E-state index in [2.05, 4.69) is 16.8 Å². The molecule has 0 N–H and O–H groups in total. The van der Waals surface area contributed by atoms with E-state index >= 15 is 0 Å². The van der Waals surface area contributed by atoms with Crippen LogP contribution in [0.25, 0.3) is 0 Å². The fourth-order valence-corrected chi connectivity index (χ4v) is 2.96. The second-order valence-electron chi connectivity index (χ2n) is 5.74. The van der Waals surface area contributed by atoms with Gasteiger partial charge in [-0.05, 0) is 30.7 Å². The van der Waals surface area contributed by atoms with Gasteiger partial charge in [0.15, 0.2) is 0 Å². The minimum Gasteiger partial charge on any atom is -0.441 e. The summed E-state index contributed by atoms with van der Waals surface area (Å²) >= 11 is 0. The van der Waals surface area contributed by atoms with Crippen molar-refractivity contribution in [3.05, 3.63) is 59.8 Å². The molecular formula is C19H16N2O3. The number of rotatable bonds is 1. The summed E-state index contributed by atoms with van der Waals surface area (Å²) in [5.41, 5.74) is 1.76. The van der Waals surface area contributed by atoms with Crippen molar-refractivity contribution in [2.24, 2.45) is 0 Å². The van der Waals surface area contributed by atoms with Gasteiger partial charge in [0.2, 0.25) is 0 Å². The van der Waals surface area contributed by atoms with Crippen molar-refractivity contribution in [1.29, 1.82) is 0 Å². The van der Waals surface area contributed by atoms with Gasteiger partial charge in [-0.15, -0.1) is 0 Å². The summed E-state index contributed by atoms with van der Waals surface area (Å²) in [6.45, 7) is 1.09. The van der Waals surface area contributed by atoms with Crippen molar-refractivity contribution in [3.63, 3.8) is 0 Å². The van der Waals surface area contributed by atoms with Crippen LogP contribution in [-0.4, -0.2) is 36.4 Å². The standard InChI is InChI=1S/C19H16N2O3/c22-19-21(16-10-11-23-13-17(16)24-19)18-9-8-15(12-20-18)7-6-14-4-2-1-3-5-14/h1-5,8-9,12,16-17H,10-11,13H2. The van der Waals surface area contributed by atoms with Crippen LogP contribution in [0.15, 0.2) is 48.7 Å². The zero-order chi connectivity index (χ0) is 16.4. The highest BCUT2D eigenvalue weighted by molar-refractivity contribution is 5.89. The summed E-state index contributed by atoms with van der Waals surface area (Å²) in [6, 6.07) is 13.5. The van der Waals surface area contributed by atoms with Gasteiger partial charge in [0.1, 0.15) is 11.9 Å². The van der Waals surface area contributed by atoms with E-state index in [1.165, 1.54) is 0 Å². The lowest BCUT2D eigenvalue weighted by Gasteiger charge is -2.27. The summed E-state index contributed by atoms with van der Waals surface area (Å²) in [5.74, 6) is 6.77. The maximum absolute atomic E-state index is 12.1. The summed E-state index contributed by atoms with van der Waals surface area (Å²) in [6.07, 6.45) is 1.88. The first kappa shape index (κ1) is 14.7. The number of aromatic nitrogens is 1. The predicted octanol–water partition coefficient (Wildman–Crippen LogP) is 2.60. The molecule has 2 aromatic rings. The molecule has 2 aliphatic rings. The van der Waals surface area contributed by atoms with E-state index in [-0.39, 0.29) is 18.2 Å². The van der Waals surface area contributed by atoms with E-state index in [1.807, 2.05) is 42.5 Å². The predicted molar refractivity (Wildman–Crippen MR) is 88.6 cm³/mol. The van der Waals surface area contributed by atoms with Crippen molar-refractivity contribution in [2.75, 3.05) is 18.1 Å². The highest BCUT2D eigenvalue weighted by Crippen LogP contribution is 2.29. The molecule has 2 fully saturated rings. The fourth-order valence-electron chi connectivity index (χ4n) is 2.96. The fraction of sp³-hybridized carbons (Fsp3) is 0.263. The maximum Gasteiger partial charge on any atom is 0.416 e. The third-order valence-corrected chi connectivity index (χ3v) is 4.17. The topological polar surface area (TPSA) is 51.7 Å². The average Bonchev–Trinajstić information content (AvgIpc) is 2.97. The Morgan fingerprint density at radius 2 is 1.92 bits per heavy atom. The molecule has 0 radical (unpaired) electrons. The molecule has 1 aromatic heterocycles. The molecule has 5 nitrogen and oxygen atoms in total. The number of carbonyl (C=O) groups is 1. The number of amides is 1. The van der Waals surface area contributed by atoms with E-state index in [1.54, 1.807) is 11.1 Å². The van der Waals surface area contributed by atoms with Crippen LogP contribution in [0.2, 0.25) is 0 Å². The Labute approximate surface area is 140 Å². The van der Waals surface area contributed by atoms with Crippen LogP contribution >= 0.6 is 0 Å². The van der Waals surface area contributed by atoms with Crippen molar-refractivity contribution < 1.29 is 14.3 Å². The molecule has 5 heteroatoms. The molecule has 120 valence electrons. The molecule has 0 aliphatic carbocycles. The first-order valence-corrected chi connectivity index (χ1v) is 7.92. The molecule has 24 heavy (non-hydrogen) atoms. The van der Waals surface area contributed by atoms with Gasteiger partial charge in [0, 0.05) is 23.9 Å². The van der Waals surface area contributed by atoms with E-state index < -0.39 is 0 Å². The van der Waals surface area contributed by atoms with Crippen LogP contribution in [0.4, 0.5) is 10.6 Å². The third-order valence-electron chi connectivity index (χ3n) is 4.17. The Morgan fingerprint density at radius 3 is 2.71 bits per heavy atom. The highest BCUT2D eigenvalue weighted by Gasteiger charge is 2.44. The maximum atomic E-state index is 12.1. The molecule has 0 bridgehead atoms. The number of hydrogen-bond donors (Lipinski definition) is 0. The zero-order valence-electron chi connectivity index (χ0n) is 13.0. The van der Waals surface area contributed by atoms with Gasteiger partial charge in [-0.3, -0.25) is 4.90 Å². The van der Waals surface area contributed by atoms with Crippen LogP contribution < -0.4 is 4.90 Å². The van der Waals surface area contributed by atoms with Crippen LogP contribution in [0.1, 0.15) is 17.5 Å². The normalized spacial score (nSPS) is 22.3. The van der Waals surface area contributed by atoms with Crippen LogP contribution in [0.3, 0.4) is 0 Å². The van der Waals surface area contributed by atoms with Crippen molar-refractivity contribution >= 4 is 11.9 Å². The van der Waals surface area contributed by atoms with E-state index in [4.69, 9.17) is 9.47 Å². The first-order chi connectivity index (χ1) is 11.8. The van der Waals surface area contributed by atoms with Crippen molar-refractivity contribution in [3.8, 4) is 11.8 Å². The molecule has 1 amide bonds. The summed E-state index contributed by atoms with van der Waals surface area (Å²) < 4.78 is 10.7. The van der Waals surface area contributed by atoms with Gasteiger partial charge in [-0.25, -0.2) is 9.78 Å². The van der Waals surface area contributed by atoms with Gasteiger partial charge in [0.25, 0.3) is 0 Å². The Balaban J connectivity index is 1.54. The summed E-state index contributed by atoms with van der Waals surface area (Å²) in [7, 11) is 0. The Morgan fingerprint density at radius 1 is 1.08 bits per heavy atom. The highest BCUT2D eigenvalue weighted by atomic mass is 16.6. The molecule has 3 heterocycles. The van der Waals surface area contributed by atoms with Crippen LogP contribution in [0, 0.1) is 11.8 Å². The molecule has 0 spiro atoms. The second-order valence-corrected chi connectivity index (χ2v) is 5.74. The summed E-state index contributed by atoms with van der Waals surface area (Å²) in [4.78, 5) is 18.1. The number of carbonyl (C=O) groups excluding carboxylic acids is 1. The van der Waals surface area contributed by atoms with Gasteiger partial charge < -0.3 is 9.47 Å². The molecule has 4 rings (SSSR count). The van der Waals surface area contributed by atoms with Crippen molar-refractivity contribution in [2.45, 2.75) is 18.6 Å². The van der Waals surface area contributed by atoms with E-state index in [0.29, 0.717) is 19.0 Å². The number of hydrogen-bond acceptors (Lipinski definition) is 4. The monoisotopic (exact) mass is 320 g/mol. The SMILES string of the molecule is O=C1OC2COCCC2N1c1ccc(C#Cc2ccccc2)cn1. The molecule has 1 aromatic carbocycles. The minimum atomic E-state index is -0.355. The molecule has 2 saturated heterocycles. The van der Waals surface area contributed by atoms with Gasteiger partial charge >= 0.3 is 6.09 Å². The Kier molecular flexibility index (Phi) is 3.89. The van der Waals surface area contributed by atoms with Crippen molar-refractivity contribution in [1.82, 2.24) is 4.98 Å². The average molecular weight is 320 g/mol. The lowest BCUT2D eigenvalue weighted by Crippen LogP contribution is -2.42.